The lowest BCUT2D eigenvalue weighted by Gasteiger charge is -2.02. The number of aryl methyl sites for hydroxylation is 1. The first-order valence-electron chi connectivity index (χ1n) is 4.42. The Bertz CT molecular complexity index is 489. The molecule has 0 radical (unpaired) electrons. The molecule has 0 spiro atoms. The molecule has 0 aliphatic heterocycles. The Morgan fingerprint density at radius 3 is 3.00 bits per heavy atom. The summed E-state index contributed by atoms with van der Waals surface area (Å²) in [5.41, 5.74) is 0. The van der Waals surface area contributed by atoms with E-state index in [9.17, 15) is 4.79 Å². The maximum atomic E-state index is 11.9. The minimum absolute atomic E-state index is 0.109. The number of imidazole rings is 1. The molecule has 2 rings (SSSR count). The van der Waals surface area contributed by atoms with Crippen molar-refractivity contribution in [3.8, 4) is 0 Å². The van der Waals surface area contributed by atoms with E-state index < -0.39 is 0 Å². The first kappa shape index (κ1) is 10.6. The Morgan fingerprint density at radius 2 is 2.47 bits per heavy atom. The zero-order valence-corrected chi connectivity index (χ0v) is 10.5. The van der Waals surface area contributed by atoms with Gasteiger partial charge in [0.15, 0.2) is 5.78 Å². The molecular weight excluding hydrogens is 276 g/mol. The van der Waals surface area contributed by atoms with Gasteiger partial charge < -0.3 is 4.57 Å². The number of halogens is 1. The fourth-order valence-electron chi connectivity index (χ4n) is 1.29. The molecule has 15 heavy (non-hydrogen) atoms. The molecule has 78 valence electrons. The smallest absolute Gasteiger partial charge is 0.193 e. The van der Waals surface area contributed by atoms with Crippen LogP contribution in [0, 0.1) is 6.92 Å². The molecule has 0 saturated carbocycles. The molecule has 0 unspecified atom stereocenters. The van der Waals surface area contributed by atoms with Crippen molar-refractivity contribution >= 4 is 33.0 Å². The van der Waals surface area contributed by atoms with Gasteiger partial charge in [0.25, 0.3) is 0 Å². The molecule has 2 heterocycles. The summed E-state index contributed by atoms with van der Waals surface area (Å²) >= 11 is 4.81. The van der Waals surface area contributed by atoms with Gasteiger partial charge in [-0.2, -0.15) is 0 Å². The van der Waals surface area contributed by atoms with Gasteiger partial charge in [-0.25, -0.2) is 4.98 Å². The van der Waals surface area contributed by atoms with E-state index in [-0.39, 0.29) is 5.78 Å². The first-order chi connectivity index (χ1) is 7.18. The quantitative estimate of drug-likeness (QED) is 0.813. The molecule has 0 aliphatic carbocycles. The standard InChI is InChI=1S/C10H9BrN2OS/c1-7-12-3-4-13(7)6-9(14)10-8(11)2-5-15-10/h2-5H,6H2,1H3. The summed E-state index contributed by atoms with van der Waals surface area (Å²) in [6.45, 7) is 2.24. The normalized spacial score (nSPS) is 10.5. The third-order valence-electron chi connectivity index (χ3n) is 2.11. The van der Waals surface area contributed by atoms with Crippen molar-refractivity contribution in [1.29, 1.82) is 0 Å². The number of hydrogen-bond donors (Lipinski definition) is 0. The zero-order valence-electron chi connectivity index (χ0n) is 8.11. The van der Waals surface area contributed by atoms with Crippen LogP contribution in [0.25, 0.3) is 0 Å². The molecule has 0 atom stereocenters. The van der Waals surface area contributed by atoms with Crippen LogP contribution in [0.1, 0.15) is 15.5 Å². The number of aromatic nitrogens is 2. The van der Waals surface area contributed by atoms with Crippen LogP contribution in [-0.2, 0) is 6.54 Å². The van der Waals surface area contributed by atoms with Gasteiger partial charge in [0.05, 0.1) is 11.4 Å². The number of nitrogens with zero attached hydrogens (tertiary/aromatic N) is 2. The third kappa shape index (κ3) is 2.18. The lowest BCUT2D eigenvalue weighted by Crippen LogP contribution is -2.10. The zero-order chi connectivity index (χ0) is 10.8. The number of carbonyl (C=O) groups excluding carboxylic acids is 1. The monoisotopic (exact) mass is 284 g/mol. The summed E-state index contributed by atoms with van der Waals surface area (Å²) in [4.78, 5) is 16.7. The Morgan fingerprint density at radius 1 is 1.67 bits per heavy atom. The number of thiophene rings is 1. The van der Waals surface area contributed by atoms with Gasteiger partial charge in [0, 0.05) is 16.9 Å². The van der Waals surface area contributed by atoms with Gasteiger partial charge in [-0.1, -0.05) is 0 Å². The largest absolute Gasteiger partial charge is 0.327 e. The Kier molecular flexibility index (Phi) is 3.02. The van der Waals surface area contributed by atoms with Crippen LogP contribution < -0.4 is 0 Å². The minimum atomic E-state index is 0.109. The van der Waals surface area contributed by atoms with Crippen molar-refractivity contribution in [2.24, 2.45) is 0 Å². The van der Waals surface area contributed by atoms with Gasteiger partial charge in [0.2, 0.25) is 0 Å². The van der Waals surface area contributed by atoms with Crippen LogP contribution in [0.3, 0.4) is 0 Å². The highest BCUT2D eigenvalue weighted by Gasteiger charge is 2.12. The second kappa shape index (κ2) is 4.28. The van der Waals surface area contributed by atoms with Crippen LogP contribution in [-0.4, -0.2) is 15.3 Å². The predicted octanol–water partition coefficient (Wildman–Crippen LogP) is 2.90. The van der Waals surface area contributed by atoms with E-state index in [1.54, 1.807) is 6.20 Å². The molecule has 0 aromatic carbocycles. The summed E-state index contributed by atoms with van der Waals surface area (Å²) in [7, 11) is 0. The van der Waals surface area contributed by atoms with Crippen LogP contribution >= 0.6 is 27.3 Å². The average molecular weight is 285 g/mol. The fourth-order valence-corrected chi connectivity index (χ4v) is 2.82. The molecule has 0 fully saturated rings. The van der Waals surface area contributed by atoms with Crippen molar-refractivity contribution in [3.05, 3.63) is 39.0 Å². The number of Topliss-reactive ketones (excluding diaryl/α,β-unsaturated/α-hetero) is 1. The van der Waals surface area contributed by atoms with Gasteiger partial charge in [-0.3, -0.25) is 4.79 Å². The van der Waals surface area contributed by atoms with Gasteiger partial charge >= 0.3 is 0 Å². The molecule has 3 nitrogen and oxygen atoms in total. The predicted molar refractivity (Wildman–Crippen MR) is 63.3 cm³/mol. The number of hydrogen-bond acceptors (Lipinski definition) is 3. The molecule has 0 amide bonds. The Hall–Kier alpha value is -0.940. The van der Waals surface area contributed by atoms with Crippen molar-refractivity contribution in [3.63, 3.8) is 0 Å². The van der Waals surface area contributed by atoms with E-state index in [4.69, 9.17) is 0 Å². The summed E-state index contributed by atoms with van der Waals surface area (Å²) in [6.07, 6.45) is 3.51. The van der Waals surface area contributed by atoms with Crippen molar-refractivity contribution in [1.82, 2.24) is 9.55 Å². The molecular formula is C10H9BrN2OS. The summed E-state index contributed by atoms with van der Waals surface area (Å²) in [5.74, 6) is 0.967. The number of rotatable bonds is 3. The second-order valence-corrected chi connectivity index (χ2v) is 4.89. The number of carbonyl (C=O) groups is 1. The van der Waals surface area contributed by atoms with Crippen molar-refractivity contribution in [2.75, 3.05) is 0 Å². The van der Waals surface area contributed by atoms with Gasteiger partial charge in [0.1, 0.15) is 5.82 Å². The average Bonchev–Trinajstić information content (AvgIpc) is 2.76. The molecule has 0 N–H and O–H groups in total. The SMILES string of the molecule is Cc1nccn1CC(=O)c1sccc1Br. The molecule has 2 aromatic heterocycles. The van der Waals surface area contributed by atoms with Crippen LogP contribution in [0.4, 0.5) is 0 Å². The fraction of sp³-hybridized carbons (Fsp3) is 0.200. The van der Waals surface area contributed by atoms with E-state index in [1.165, 1.54) is 11.3 Å². The van der Waals surface area contributed by atoms with Crippen LogP contribution in [0.2, 0.25) is 0 Å². The molecule has 0 bridgehead atoms. The first-order valence-corrected chi connectivity index (χ1v) is 6.09. The van der Waals surface area contributed by atoms with E-state index in [2.05, 4.69) is 20.9 Å². The highest BCUT2D eigenvalue weighted by Crippen LogP contribution is 2.23. The van der Waals surface area contributed by atoms with Crippen molar-refractivity contribution in [2.45, 2.75) is 13.5 Å². The molecule has 0 saturated heterocycles. The molecule has 2 aromatic rings. The lowest BCUT2D eigenvalue weighted by atomic mass is 10.3. The van der Waals surface area contributed by atoms with Crippen LogP contribution in [0.5, 0.6) is 0 Å². The maximum absolute atomic E-state index is 11.9. The highest BCUT2D eigenvalue weighted by atomic mass is 79.9. The highest BCUT2D eigenvalue weighted by molar-refractivity contribution is 9.10. The number of ketones is 1. The van der Waals surface area contributed by atoms with E-state index in [1.807, 2.05) is 29.1 Å². The van der Waals surface area contributed by atoms with Gasteiger partial charge in [-0.15, -0.1) is 11.3 Å². The third-order valence-corrected chi connectivity index (χ3v) is 3.99. The maximum Gasteiger partial charge on any atom is 0.193 e. The van der Waals surface area contributed by atoms with E-state index in [0.717, 1.165) is 15.2 Å². The topological polar surface area (TPSA) is 34.9 Å². The molecule has 0 aliphatic rings. The second-order valence-electron chi connectivity index (χ2n) is 3.12. The Balaban J connectivity index is 2.18. The van der Waals surface area contributed by atoms with Crippen LogP contribution in [0.15, 0.2) is 28.3 Å². The van der Waals surface area contributed by atoms with E-state index >= 15 is 0 Å². The minimum Gasteiger partial charge on any atom is -0.327 e. The molecule has 5 heteroatoms. The lowest BCUT2D eigenvalue weighted by molar-refractivity contribution is 0.0974. The summed E-state index contributed by atoms with van der Waals surface area (Å²) < 4.78 is 2.71. The van der Waals surface area contributed by atoms with Gasteiger partial charge in [-0.05, 0) is 34.3 Å². The van der Waals surface area contributed by atoms with E-state index in [0.29, 0.717) is 6.54 Å². The Labute approximate surface area is 99.9 Å². The summed E-state index contributed by atoms with van der Waals surface area (Å²) in [6, 6.07) is 1.89. The van der Waals surface area contributed by atoms with Crippen molar-refractivity contribution < 1.29 is 4.79 Å². The summed E-state index contributed by atoms with van der Waals surface area (Å²) in [5, 5.41) is 1.90.